The van der Waals surface area contributed by atoms with Crippen molar-refractivity contribution in [1.29, 1.82) is 0 Å². The zero-order chi connectivity index (χ0) is 18.9. The summed E-state index contributed by atoms with van der Waals surface area (Å²) in [4.78, 5) is 22.3. The molecule has 0 bridgehead atoms. The van der Waals surface area contributed by atoms with Crippen LogP contribution in [0.2, 0.25) is 0 Å². The Labute approximate surface area is 149 Å². The highest BCUT2D eigenvalue weighted by molar-refractivity contribution is 7.89. The second-order valence-corrected chi connectivity index (χ2v) is 7.55. The number of nitrogens with one attached hydrogen (secondary N) is 1. The molecular formula is C17H26N2O5S. The van der Waals surface area contributed by atoms with Crippen molar-refractivity contribution < 1.29 is 23.1 Å². The average Bonchev–Trinajstić information content (AvgIpc) is 2.58. The Morgan fingerprint density at radius 3 is 2.12 bits per heavy atom. The lowest BCUT2D eigenvalue weighted by molar-refractivity contribution is -0.137. The minimum atomic E-state index is -3.47. The Morgan fingerprint density at radius 1 is 1.04 bits per heavy atom. The molecule has 2 N–H and O–H groups in total. The first kappa shape index (κ1) is 21.1. The minimum absolute atomic E-state index is 0.0652. The molecule has 140 valence electrons. The summed E-state index contributed by atoms with van der Waals surface area (Å²) in [5, 5.41) is 11.3. The topological polar surface area (TPSA) is 104 Å². The van der Waals surface area contributed by atoms with Crippen molar-refractivity contribution in [2.75, 3.05) is 13.1 Å². The quantitative estimate of drug-likeness (QED) is 0.580. The van der Waals surface area contributed by atoms with E-state index in [2.05, 4.69) is 5.32 Å². The summed E-state index contributed by atoms with van der Waals surface area (Å²) < 4.78 is 26.2. The normalized spacial score (nSPS) is 11.5. The molecule has 25 heavy (non-hydrogen) atoms. The fourth-order valence-electron chi connectivity index (χ4n) is 2.34. The molecule has 8 heteroatoms. The Balaban J connectivity index is 2.52. The highest BCUT2D eigenvalue weighted by Crippen LogP contribution is 2.16. The molecule has 0 saturated carbocycles. The standard InChI is InChI=1S/C17H26N2O5S/c1-3-19(4-2)25(23,24)15-11-9-14(10-12-15)13-18-16(20)7-5-6-8-17(21)22/h9-12H,3-8,13H2,1-2H3,(H,18,20)(H,21,22). The van der Waals surface area contributed by atoms with Crippen molar-refractivity contribution in [3.63, 3.8) is 0 Å². The van der Waals surface area contributed by atoms with E-state index in [9.17, 15) is 18.0 Å². The van der Waals surface area contributed by atoms with E-state index in [-0.39, 0.29) is 23.6 Å². The third kappa shape index (κ3) is 6.83. The van der Waals surface area contributed by atoms with Gasteiger partial charge in [-0.15, -0.1) is 0 Å². The van der Waals surface area contributed by atoms with Crippen molar-refractivity contribution in [3.05, 3.63) is 29.8 Å². The van der Waals surface area contributed by atoms with Gasteiger partial charge in [-0.1, -0.05) is 26.0 Å². The minimum Gasteiger partial charge on any atom is -0.481 e. The number of carbonyl (C=O) groups excluding carboxylic acids is 1. The number of rotatable bonds is 11. The molecule has 1 amide bonds. The lowest BCUT2D eigenvalue weighted by atomic mass is 10.2. The number of hydrogen-bond acceptors (Lipinski definition) is 4. The highest BCUT2D eigenvalue weighted by Gasteiger charge is 2.21. The molecule has 0 heterocycles. The van der Waals surface area contributed by atoms with Crippen molar-refractivity contribution in [2.45, 2.75) is 51.0 Å². The lowest BCUT2D eigenvalue weighted by Crippen LogP contribution is -2.30. The lowest BCUT2D eigenvalue weighted by Gasteiger charge is -2.18. The highest BCUT2D eigenvalue weighted by atomic mass is 32.2. The fourth-order valence-corrected chi connectivity index (χ4v) is 3.80. The van der Waals surface area contributed by atoms with Crippen LogP contribution in [0.4, 0.5) is 0 Å². The van der Waals surface area contributed by atoms with E-state index in [0.717, 1.165) is 5.56 Å². The van der Waals surface area contributed by atoms with E-state index in [0.29, 0.717) is 32.5 Å². The van der Waals surface area contributed by atoms with Crippen LogP contribution in [-0.2, 0) is 26.2 Å². The first-order valence-corrected chi connectivity index (χ1v) is 9.82. The molecule has 0 aliphatic rings. The van der Waals surface area contributed by atoms with Gasteiger partial charge in [0.15, 0.2) is 0 Å². The third-order valence-corrected chi connectivity index (χ3v) is 5.86. The maximum atomic E-state index is 12.4. The van der Waals surface area contributed by atoms with E-state index >= 15 is 0 Å². The predicted octanol–water partition coefficient (Wildman–Crippen LogP) is 1.98. The molecule has 0 aliphatic carbocycles. The zero-order valence-corrected chi connectivity index (χ0v) is 15.5. The van der Waals surface area contributed by atoms with Gasteiger partial charge in [0.05, 0.1) is 4.90 Å². The number of nitrogens with zero attached hydrogens (tertiary/aromatic N) is 1. The van der Waals surface area contributed by atoms with Crippen LogP contribution in [0.1, 0.15) is 45.1 Å². The summed E-state index contributed by atoms with van der Waals surface area (Å²) >= 11 is 0. The van der Waals surface area contributed by atoms with Gasteiger partial charge in [-0.25, -0.2) is 8.42 Å². The molecule has 0 atom stereocenters. The molecular weight excluding hydrogens is 344 g/mol. The van der Waals surface area contributed by atoms with Crippen LogP contribution < -0.4 is 5.32 Å². The van der Waals surface area contributed by atoms with E-state index in [1.807, 2.05) is 0 Å². The Bertz CT molecular complexity index is 667. The smallest absolute Gasteiger partial charge is 0.303 e. The number of benzene rings is 1. The Kier molecular flexibility index (Phi) is 8.57. The number of carboxylic acid groups (broad SMARTS) is 1. The van der Waals surface area contributed by atoms with Gasteiger partial charge in [-0.2, -0.15) is 4.31 Å². The number of carbonyl (C=O) groups is 2. The number of aliphatic carboxylic acids is 1. The Hall–Kier alpha value is -1.93. The van der Waals surface area contributed by atoms with Crippen LogP contribution in [0.25, 0.3) is 0 Å². The summed E-state index contributed by atoms with van der Waals surface area (Å²) in [5.41, 5.74) is 0.803. The second-order valence-electron chi connectivity index (χ2n) is 5.61. The van der Waals surface area contributed by atoms with E-state index in [1.165, 1.54) is 4.31 Å². The maximum Gasteiger partial charge on any atom is 0.303 e. The van der Waals surface area contributed by atoms with Gasteiger partial charge in [0.25, 0.3) is 0 Å². The first-order chi connectivity index (χ1) is 11.8. The summed E-state index contributed by atoms with van der Waals surface area (Å²) in [5.74, 6) is -1.01. The van der Waals surface area contributed by atoms with Gasteiger partial charge in [-0.05, 0) is 30.5 Å². The van der Waals surface area contributed by atoms with E-state index in [4.69, 9.17) is 5.11 Å². The second kappa shape index (κ2) is 10.1. The SMILES string of the molecule is CCN(CC)S(=O)(=O)c1ccc(CNC(=O)CCCCC(=O)O)cc1. The van der Waals surface area contributed by atoms with Crippen LogP contribution in [-0.4, -0.2) is 42.8 Å². The summed E-state index contributed by atoms with van der Waals surface area (Å²) in [6, 6.07) is 6.45. The predicted molar refractivity (Wildman–Crippen MR) is 94.5 cm³/mol. The van der Waals surface area contributed by atoms with Crippen molar-refractivity contribution in [3.8, 4) is 0 Å². The largest absolute Gasteiger partial charge is 0.481 e. The van der Waals surface area contributed by atoms with Crippen LogP contribution in [0, 0.1) is 0 Å². The fraction of sp³-hybridized carbons (Fsp3) is 0.529. The van der Waals surface area contributed by atoms with Crippen molar-refractivity contribution >= 4 is 21.9 Å². The molecule has 0 aromatic heterocycles. The monoisotopic (exact) mass is 370 g/mol. The van der Waals surface area contributed by atoms with Gasteiger partial charge in [0.2, 0.25) is 15.9 Å². The summed E-state index contributed by atoms with van der Waals surface area (Å²) in [6.07, 6.45) is 1.34. The van der Waals surface area contributed by atoms with Crippen LogP contribution in [0.3, 0.4) is 0 Å². The number of hydrogen-bond donors (Lipinski definition) is 2. The molecule has 1 rings (SSSR count). The van der Waals surface area contributed by atoms with Gasteiger partial charge in [-0.3, -0.25) is 9.59 Å². The summed E-state index contributed by atoms with van der Waals surface area (Å²) in [6.45, 7) is 4.73. The van der Waals surface area contributed by atoms with Crippen molar-refractivity contribution in [2.24, 2.45) is 0 Å². The average molecular weight is 370 g/mol. The molecule has 0 saturated heterocycles. The van der Waals surface area contributed by atoms with Crippen LogP contribution in [0.5, 0.6) is 0 Å². The maximum absolute atomic E-state index is 12.4. The molecule has 0 fully saturated rings. The molecule has 7 nitrogen and oxygen atoms in total. The van der Waals surface area contributed by atoms with Gasteiger partial charge < -0.3 is 10.4 Å². The van der Waals surface area contributed by atoms with Gasteiger partial charge in [0.1, 0.15) is 0 Å². The molecule has 0 aliphatic heterocycles. The number of sulfonamides is 1. The third-order valence-electron chi connectivity index (χ3n) is 3.80. The molecule has 1 aromatic rings. The molecule has 0 unspecified atom stereocenters. The van der Waals surface area contributed by atoms with E-state index < -0.39 is 16.0 Å². The first-order valence-electron chi connectivity index (χ1n) is 8.38. The van der Waals surface area contributed by atoms with Gasteiger partial charge >= 0.3 is 5.97 Å². The van der Waals surface area contributed by atoms with E-state index in [1.54, 1.807) is 38.1 Å². The number of unbranched alkanes of at least 4 members (excludes halogenated alkanes) is 1. The van der Waals surface area contributed by atoms with Crippen LogP contribution >= 0.6 is 0 Å². The Morgan fingerprint density at radius 2 is 1.60 bits per heavy atom. The summed E-state index contributed by atoms with van der Waals surface area (Å²) in [7, 11) is -3.47. The number of amides is 1. The van der Waals surface area contributed by atoms with Crippen molar-refractivity contribution in [1.82, 2.24) is 9.62 Å². The molecule has 0 radical (unpaired) electrons. The molecule has 0 spiro atoms. The van der Waals surface area contributed by atoms with Crippen LogP contribution in [0.15, 0.2) is 29.2 Å². The molecule has 1 aromatic carbocycles. The zero-order valence-electron chi connectivity index (χ0n) is 14.7. The number of carboxylic acids is 1. The van der Waals surface area contributed by atoms with Gasteiger partial charge in [0, 0.05) is 32.5 Å².